The molecule has 0 saturated carbocycles. The SMILES string of the molecule is CC(C)C(=O)N1CCC(NCc2c(C(C)C)nn(C)c2N(C)C)CC1. The lowest BCUT2D eigenvalue weighted by atomic mass is 10.0. The summed E-state index contributed by atoms with van der Waals surface area (Å²) in [4.78, 5) is 16.3. The minimum absolute atomic E-state index is 0.0937. The maximum Gasteiger partial charge on any atom is 0.225 e. The molecule has 1 N–H and O–H groups in total. The Kier molecular flexibility index (Phi) is 6.49. The highest BCUT2D eigenvalue weighted by Crippen LogP contribution is 2.27. The number of hydrogen-bond donors (Lipinski definition) is 1. The molecule has 142 valence electrons. The number of hydrogen-bond acceptors (Lipinski definition) is 4. The van der Waals surface area contributed by atoms with Gasteiger partial charge in [0.2, 0.25) is 5.91 Å². The van der Waals surface area contributed by atoms with E-state index in [1.54, 1.807) is 0 Å². The Labute approximate surface area is 152 Å². The summed E-state index contributed by atoms with van der Waals surface area (Å²) in [5.74, 6) is 1.95. The third-order valence-electron chi connectivity index (χ3n) is 4.98. The third kappa shape index (κ3) is 4.54. The van der Waals surface area contributed by atoms with Gasteiger partial charge in [-0.05, 0) is 18.8 Å². The fourth-order valence-electron chi connectivity index (χ4n) is 3.69. The van der Waals surface area contributed by atoms with Crippen molar-refractivity contribution >= 4 is 11.7 Å². The van der Waals surface area contributed by atoms with Crippen molar-refractivity contribution in [2.45, 2.75) is 59.0 Å². The highest BCUT2D eigenvalue weighted by Gasteiger charge is 2.25. The summed E-state index contributed by atoms with van der Waals surface area (Å²) in [6, 6.07) is 0.464. The summed E-state index contributed by atoms with van der Waals surface area (Å²) in [5.41, 5.74) is 2.47. The Hall–Kier alpha value is -1.56. The molecular weight excluding hydrogens is 314 g/mol. The lowest BCUT2D eigenvalue weighted by Crippen LogP contribution is -2.46. The lowest BCUT2D eigenvalue weighted by Gasteiger charge is -2.33. The van der Waals surface area contributed by atoms with E-state index in [1.165, 1.54) is 17.1 Å². The van der Waals surface area contributed by atoms with Crippen molar-refractivity contribution in [2.75, 3.05) is 32.1 Å². The Bertz CT molecular complexity index is 583. The second kappa shape index (κ2) is 8.21. The minimum Gasteiger partial charge on any atom is -0.363 e. The van der Waals surface area contributed by atoms with Gasteiger partial charge in [0.15, 0.2) is 0 Å². The van der Waals surface area contributed by atoms with Gasteiger partial charge in [-0.15, -0.1) is 0 Å². The molecule has 1 saturated heterocycles. The predicted molar refractivity (Wildman–Crippen MR) is 103 cm³/mol. The molecule has 1 amide bonds. The second-order valence-corrected chi connectivity index (χ2v) is 8.00. The van der Waals surface area contributed by atoms with E-state index in [0.29, 0.717) is 12.0 Å². The van der Waals surface area contributed by atoms with Gasteiger partial charge in [-0.25, -0.2) is 0 Å². The van der Waals surface area contributed by atoms with E-state index in [0.717, 1.165) is 32.5 Å². The van der Waals surface area contributed by atoms with Crippen LogP contribution in [0.5, 0.6) is 0 Å². The molecule has 0 radical (unpaired) electrons. The van der Waals surface area contributed by atoms with Crippen molar-refractivity contribution in [3.63, 3.8) is 0 Å². The Morgan fingerprint density at radius 1 is 1.24 bits per heavy atom. The maximum absolute atomic E-state index is 12.1. The van der Waals surface area contributed by atoms with Gasteiger partial charge in [0.05, 0.1) is 5.69 Å². The molecule has 0 aliphatic carbocycles. The lowest BCUT2D eigenvalue weighted by molar-refractivity contribution is -0.135. The third-order valence-corrected chi connectivity index (χ3v) is 4.98. The molecule has 0 unspecified atom stereocenters. The summed E-state index contributed by atoms with van der Waals surface area (Å²) in [7, 11) is 6.15. The molecule has 1 aliphatic rings. The van der Waals surface area contributed by atoms with Crippen LogP contribution in [0.2, 0.25) is 0 Å². The van der Waals surface area contributed by atoms with E-state index < -0.39 is 0 Å². The molecule has 0 aromatic carbocycles. The van der Waals surface area contributed by atoms with Crippen molar-refractivity contribution in [1.29, 1.82) is 0 Å². The van der Waals surface area contributed by atoms with Crippen LogP contribution in [0, 0.1) is 5.92 Å². The zero-order valence-electron chi connectivity index (χ0n) is 17.0. The topological polar surface area (TPSA) is 53.4 Å². The maximum atomic E-state index is 12.1. The predicted octanol–water partition coefficient (Wildman–Crippen LogP) is 2.35. The van der Waals surface area contributed by atoms with E-state index >= 15 is 0 Å². The first-order valence-corrected chi connectivity index (χ1v) is 9.47. The summed E-state index contributed by atoms with van der Waals surface area (Å²) in [5, 5.41) is 8.44. The average molecular weight is 350 g/mol. The van der Waals surface area contributed by atoms with Gasteiger partial charge in [0, 0.05) is 58.3 Å². The first kappa shape index (κ1) is 19.8. The molecule has 0 spiro atoms. The summed E-state index contributed by atoms with van der Waals surface area (Å²) < 4.78 is 1.98. The number of likely N-dealkylation sites (tertiary alicyclic amines) is 1. The van der Waals surface area contributed by atoms with Crippen LogP contribution in [0.1, 0.15) is 57.7 Å². The molecule has 6 nitrogen and oxygen atoms in total. The van der Waals surface area contributed by atoms with Crippen LogP contribution >= 0.6 is 0 Å². The highest BCUT2D eigenvalue weighted by atomic mass is 16.2. The number of carbonyl (C=O) groups is 1. The Balaban J connectivity index is 2.00. The molecule has 1 fully saturated rings. The number of piperidine rings is 1. The van der Waals surface area contributed by atoms with Crippen LogP contribution in [-0.2, 0) is 18.4 Å². The largest absolute Gasteiger partial charge is 0.363 e. The van der Waals surface area contributed by atoms with Crippen LogP contribution in [0.4, 0.5) is 5.82 Å². The highest BCUT2D eigenvalue weighted by molar-refractivity contribution is 5.78. The number of nitrogens with zero attached hydrogens (tertiary/aromatic N) is 4. The zero-order chi connectivity index (χ0) is 18.7. The molecule has 1 aliphatic heterocycles. The first-order valence-electron chi connectivity index (χ1n) is 9.47. The molecule has 1 aromatic heterocycles. The smallest absolute Gasteiger partial charge is 0.225 e. The van der Waals surface area contributed by atoms with E-state index in [4.69, 9.17) is 5.10 Å². The van der Waals surface area contributed by atoms with Gasteiger partial charge >= 0.3 is 0 Å². The van der Waals surface area contributed by atoms with E-state index in [2.05, 4.69) is 38.2 Å². The molecule has 6 heteroatoms. The van der Waals surface area contributed by atoms with Crippen LogP contribution in [-0.4, -0.2) is 53.8 Å². The monoisotopic (exact) mass is 349 g/mol. The molecule has 0 bridgehead atoms. The second-order valence-electron chi connectivity index (χ2n) is 8.00. The molecule has 0 atom stereocenters. The molecule has 1 aromatic rings. The zero-order valence-corrected chi connectivity index (χ0v) is 17.0. The van der Waals surface area contributed by atoms with Gasteiger partial charge in [-0.2, -0.15) is 5.10 Å². The number of nitrogens with one attached hydrogen (secondary N) is 1. The van der Waals surface area contributed by atoms with Crippen LogP contribution in [0.3, 0.4) is 0 Å². The van der Waals surface area contributed by atoms with Gasteiger partial charge < -0.3 is 15.1 Å². The fraction of sp³-hybridized carbons (Fsp3) is 0.789. The quantitative estimate of drug-likeness (QED) is 0.856. The van der Waals surface area contributed by atoms with Crippen LogP contribution in [0.15, 0.2) is 0 Å². The van der Waals surface area contributed by atoms with E-state index in [9.17, 15) is 4.79 Å². The van der Waals surface area contributed by atoms with Crippen LogP contribution in [0.25, 0.3) is 0 Å². The van der Waals surface area contributed by atoms with E-state index in [1.807, 2.05) is 30.5 Å². The normalized spacial score (nSPS) is 16.1. The molecular formula is C19H35N5O. The van der Waals surface area contributed by atoms with Gasteiger partial charge in [0.1, 0.15) is 5.82 Å². The van der Waals surface area contributed by atoms with Crippen molar-refractivity contribution in [3.05, 3.63) is 11.3 Å². The summed E-state index contributed by atoms with van der Waals surface area (Å²) in [6.45, 7) is 10.9. The number of aromatic nitrogens is 2. The van der Waals surface area contributed by atoms with Crippen molar-refractivity contribution in [2.24, 2.45) is 13.0 Å². The first-order chi connectivity index (χ1) is 11.7. The minimum atomic E-state index is 0.0937. The van der Waals surface area contributed by atoms with Crippen molar-refractivity contribution in [1.82, 2.24) is 20.0 Å². The fourth-order valence-corrected chi connectivity index (χ4v) is 3.69. The van der Waals surface area contributed by atoms with Gasteiger partial charge in [-0.3, -0.25) is 9.48 Å². The Morgan fingerprint density at radius 3 is 2.32 bits per heavy atom. The molecule has 25 heavy (non-hydrogen) atoms. The van der Waals surface area contributed by atoms with Crippen LogP contribution < -0.4 is 10.2 Å². The van der Waals surface area contributed by atoms with Crippen molar-refractivity contribution < 1.29 is 4.79 Å². The van der Waals surface area contributed by atoms with Gasteiger partial charge in [0.25, 0.3) is 0 Å². The number of carbonyl (C=O) groups excluding carboxylic acids is 1. The van der Waals surface area contributed by atoms with E-state index in [-0.39, 0.29) is 11.8 Å². The standard InChI is InChI=1S/C19H35N5O/c1-13(2)17-16(18(22(5)6)23(7)21-17)12-20-15-8-10-24(11-9-15)19(25)14(3)4/h13-15,20H,8-12H2,1-7H3. The Morgan fingerprint density at radius 2 is 1.84 bits per heavy atom. The molecule has 2 heterocycles. The number of amides is 1. The summed E-state index contributed by atoms with van der Waals surface area (Å²) >= 11 is 0. The average Bonchev–Trinajstić information content (AvgIpc) is 2.89. The van der Waals surface area contributed by atoms with Crippen molar-refractivity contribution in [3.8, 4) is 0 Å². The van der Waals surface area contributed by atoms with Gasteiger partial charge in [-0.1, -0.05) is 27.7 Å². The number of aryl methyl sites for hydroxylation is 1. The summed E-state index contributed by atoms with van der Waals surface area (Å²) in [6.07, 6.45) is 2.04. The number of rotatable bonds is 6. The number of anilines is 1. The molecule has 2 rings (SSSR count).